The molecule has 0 saturated heterocycles. The molecule has 0 fully saturated rings. The van der Waals surface area contributed by atoms with Crippen LogP contribution in [0.1, 0.15) is 139 Å². The van der Waals surface area contributed by atoms with Gasteiger partial charge < -0.3 is 19.6 Å². The van der Waals surface area contributed by atoms with E-state index in [-0.39, 0.29) is 10.8 Å². The lowest BCUT2D eigenvalue weighted by atomic mass is 9.74. The van der Waals surface area contributed by atoms with Gasteiger partial charge in [-0.05, 0) is 478 Å². The first-order valence-electron chi connectivity index (χ1n) is 50.5. The third kappa shape index (κ3) is 14.5. The molecule has 142 heavy (non-hydrogen) atoms. The maximum atomic E-state index is 2.50. The second-order valence-corrected chi connectivity index (χ2v) is 41.9. The molecule has 0 radical (unpaired) electrons. The summed E-state index contributed by atoms with van der Waals surface area (Å²) in [7, 11) is 0. The highest BCUT2D eigenvalue weighted by molar-refractivity contribution is 6.29. The van der Waals surface area contributed by atoms with E-state index in [9.17, 15) is 0 Å². The van der Waals surface area contributed by atoms with Crippen LogP contribution in [-0.2, 0) is 10.8 Å². The van der Waals surface area contributed by atoms with Crippen LogP contribution in [0.5, 0.6) is 0 Å². The molecule has 692 valence electrons. The van der Waals surface area contributed by atoms with Gasteiger partial charge in [0.2, 0.25) is 0 Å². The molecule has 0 saturated carbocycles. The van der Waals surface area contributed by atoms with Crippen LogP contribution in [0.15, 0.2) is 364 Å². The van der Waals surface area contributed by atoms with Crippen LogP contribution in [0.4, 0.5) is 68.2 Å². The Bertz CT molecular complexity index is 7980. The minimum Gasteiger partial charge on any atom is -0.310 e. The van der Waals surface area contributed by atoms with Crippen molar-refractivity contribution in [2.24, 2.45) is 0 Å². The van der Waals surface area contributed by atoms with E-state index in [4.69, 9.17) is 0 Å². The van der Waals surface area contributed by atoms with Gasteiger partial charge >= 0.3 is 0 Å². The Balaban J connectivity index is 0.000000158. The van der Waals surface area contributed by atoms with Crippen molar-refractivity contribution in [3.63, 3.8) is 0 Å². The van der Waals surface area contributed by atoms with E-state index < -0.39 is 0 Å². The fourth-order valence-electron chi connectivity index (χ4n) is 23.7. The molecule has 20 aromatic rings. The number of hydrogen-bond donors (Lipinski definition) is 0. The smallest absolute Gasteiger partial charge is 0.0540 e. The predicted octanol–water partition coefficient (Wildman–Crippen LogP) is 39.1. The zero-order valence-corrected chi connectivity index (χ0v) is 85.4. The standard InChI is InChI=1S/2C69H60N2/c1-41-24-28-51(36-45(41)5)70(52-29-25-42(2)46(6)37-52)55-32-33-56-60(40-55)69(9,10)68-63(50-20-15-12-16-21-50)66-58-23-17-22-57-61(35-34-59(64(57)58)65(66)62(67(56)68)49-18-13-11-14-19-49)71(53-30-26-43(3)47(7)38-53)54-31-27-44(4)48(8)39-54;1-41-24-28-51(36-45(41)5)70(52-29-25-42(2)46(6)37-52)55-32-33-56-60(40-55)69(9,10)68-63(50-20-15-12-16-21-50)66-59-34-35-61(71(53-30-26-43(3)47(7)38-53)54-31-27-44(4)48(8)39-54)57-22-17-23-58(64(57)59)65(66)62(67(56)68)49-18-13-11-14-19-49/h2*11-40H,1-10H3. The Morgan fingerprint density at radius 1 is 0.155 bits per heavy atom. The Kier molecular flexibility index (Phi) is 21.9. The van der Waals surface area contributed by atoms with Gasteiger partial charge in [0, 0.05) is 78.5 Å². The zero-order chi connectivity index (χ0) is 98.1. The highest BCUT2D eigenvalue weighted by atomic mass is 15.2. The van der Waals surface area contributed by atoms with Crippen LogP contribution in [0.3, 0.4) is 0 Å². The summed E-state index contributed by atoms with van der Waals surface area (Å²) in [6.07, 6.45) is 0. The van der Waals surface area contributed by atoms with Crippen LogP contribution >= 0.6 is 0 Å². The molecule has 0 bridgehead atoms. The summed E-state index contributed by atoms with van der Waals surface area (Å²) in [5.41, 5.74) is 65.1. The molecule has 0 heterocycles. The number of aryl methyl sites for hydroxylation is 16. The second kappa shape index (κ2) is 34.6. The fraction of sp³-hybridized carbons (Fsp3) is 0.159. The topological polar surface area (TPSA) is 13.0 Å². The van der Waals surface area contributed by atoms with Gasteiger partial charge in [-0.3, -0.25) is 0 Å². The fourth-order valence-corrected chi connectivity index (χ4v) is 23.7. The van der Waals surface area contributed by atoms with E-state index in [1.165, 1.54) is 255 Å². The van der Waals surface area contributed by atoms with Crippen molar-refractivity contribution in [1.82, 2.24) is 0 Å². The Morgan fingerprint density at radius 2 is 0.366 bits per heavy atom. The van der Waals surface area contributed by atoms with Crippen LogP contribution in [0.25, 0.3) is 133 Å². The number of rotatable bonds is 16. The molecule has 0 unspecified atom stereocenters. The summed E-state index contributed by atoms with van der Waals surface area (Å²) in [4.78, 5) is 9.89. The van der Waals surface area contributed by atoms with E-state index in [0.717, 1.165) is 56.9 Å². The Hall–Kier alpha value is -15.9. The number of anilines is 12. The lowest BCUT2D eigenvalue weighted by Crippen LogP contribution is -2.18. The minimum absolute atomic E-state index is 0.375. The van der Waals surface area contributed by atoms with E-state index in [1.54, 1.807) is 0 Å². The average molecular weight is 1830 g/mol. The van der Waals surface area contributed by atoms with Gasteiger partial charge in [-0.2, -0.15) is 0 Å². The lowest BCUT2D eigenvalue weighted by molar-refractivity contribution is 0.662. The minimum atomic E-state index is -0.375. The van der Waals surface area contributed by atoms with Gasteiger partial charge in [-0.15, -0.1) is 0 Å². The second-order valence-electron chi connectivity index (χ2n) is 41.9. The number of hydrogen-bond acceptors (Lipinski definition) is 4. The zero-order valence-electron chi connectivity index (χ0n) is 85.4. The summed E-state index contributed by atoms with van der Waals surface area (Å²) >= 11 is 0. The van der Waals surface area contributed by atoms with Gasteiger partial charge in [-0.1, -0.05) is 258 Å². The SMILES string of the molecule is Cc1ccc(N(c2ccc(C)c(C)c2)c2ccc3c(c2)C(C)(C)c2c(-c4ccccc4)c4c(c(-c5ccccc5)c2-3)-c2ccc(N(c3ccc(C)c(C)c3)c3ccc(C)c(C)c3)c3cccc-4c23)cc1C.Cc1ccc(N(c2ccc(C)c(C)c2)c2ccc3c(c2)C(C)(C)c2c(-c4ccccc4)c4c(c(-c5ccccc5)c2-3)-c2cccc3c(N(c5ccc(C)c(C)c5)c5ccc(C)c(C)c5)ccc-4c23)cc1C. The largest absolute Gasteiger partial charge is 0.310 e. The number of benzene rings is 20. The molecular weight excluding hydrogens is 1710 g/mol. The van der Waals surface area contributed by atoms with Crippen molar-refractivity contribution in [3.8, 4) is 111 Å². The maximum absolute atomic E-state index is 2.50. The molecule has 4 nitrogen and oxygen atoms in total. The molecule has 0 spiro atoms. The summed E-state index contributed by atoms with van der Waals surface area (Å²) < 4.78 is 0. The highest BCUT2D eigenvalue weighted by Gasteiger charge is 2.48. The molecule has 0 atom stereocenters. The van der Waals surface area contributed by atoms with Crippen LogP contribution in [-0.4, -0.2) is 0 Å². The van der Waals surface area contributed by atoms with Gasteiger partial charge in [0.25, 0.3) is 0 Å². The van der Waals surface area contributed by atoms with Gasteiger partial charge in [0.05, 0.1) is 11.4 Å². The summed E-state index contributed by atoms with van der Waals surface area (Å²) in [5.74, 6) is 0. The molecule has 4 heteroatoms. The van der Waals surface area contributed by atoms with E-state index in [1.807, 2.05) is 0 Å². The number of nitrogens with zero attached hydrogens (tertiary/aromatic N) is 4. The summed E-state index contributed by atoms with van der Waals surface area (Å²) in [5, 5.41) is 5.10. The monoisotopic (exact) mass is 1830 g/mol. The van der Waals surface area contributed by atoms with Crippen LogP contribution < -0.4 is 19.6 Å². The normalized spacial score (nSPS) is 12.8. The number of fused-ring (bicyclic) bond motifs is 12. The first-order valence-corrected chi connectivity index (χ1v) is 50.5. The van der Waals surface area contributed by atoms with Crippen molar-refractivity contribution in [2.45, 2.75) is 149 Å². The first-order chi connectivity index (χ1) is 68.6. The van der Waals surface area contributed by atoms with E-state index in [2.05, 4.69) is 522 Å². The van der Waals surface area contributed by atoms with Crippen LogP contribution in [0.2, 0.25) is 0 Å². The lowest BCUT2D eigenvalue weighted by Gasteiger charge is -2.30. The van der Waals surface area contributed by atoms with Gasteiger partial charge in [0.1, 0.15) is 0 Å². The molecule has 0 amide bonds. The predicted molar refractivity (Wildman–Crippen MR) is 608 cm³/mol. The third-order valence-electron chi connectivity index (χ3n) is 32.5. The highest BCUT2D eigenvalue weighted by Crippen LogP contribution is 2.69. The van der Waals surface area contributed by atoms with Crippen LogP contribution in [0, 0.1) is 111 Å². The average Bonchev–Trinajstić information content (AvgIpc) is 1.51. The van der Waals surface area contributed by atoms with Crippen molar-refractivity contribution < 1.29 is 0 Å². The van der Waals surface area contributed by atoms with Crippen molar-refractivity contribution >= 4 is 89.8 Å². The molecule has 4 aliphatic carbocycles. The van der Waals surface area contributed by atoms with E-state index >= 15 is 0 Å². The van der Waals surface area contributed by atoms with Gasteiger partial charge in [-0.25, -0.2) is 0 Å². The van der Waals surface area contributed by atoms with Crippen molar-refractivity contribution in [2.75, 3.05) is 19.6 Å². The third-order valence-corrected chi connectivity index (χ3v) is 32.5. The quantitative estimate of drug-likeness (QED) is 0.0956. The molecule has 24 rings (SSSR count). The van der Waals surface area contributed by atoms with Gasteiger partial charge in [0.15, 0.2) is 0 Å². The molecule has 20 aromatic carbocycles. The molecule has 4 aliphatic rings. The molecule has 0 aromatic heterocycles. The maximum Gasteiger partial charge on any atom is 0.0540 e. The van der Waals surface area contributed by atoms with E-state index in [0.29, 0.717) is 0 Å². The Morgan fingerprint density at radius 3 is 0.620 bits per heavy atom. The Labute approximate surface area is 839 Å². The summed E-state index contributed by atoms with van der Waals surface area (Å²) in [6, 6.07) is 138. The summed E-state index contributed by atoms with van der Waals surface area (Å²) in [6.45, 7) is 45.3. The molecule has 0 N–H and O–H groups in total. The molecular formula is C138H120N4. The van der Waals surface area contributed by atoms with Crippen molar-refractivity contribution in [1.29, 1.82) is 0 Å². The van der Waals surface area contributed by atoms with Crippen molar-refractivity contribution in [3.05, 3.63) is 475 Å². The first kappa shape index (κ1) is 90.0. The molecule has 0 aliphatic heterocycles.